The Morgan fingerprint density at radius 3 is 2.48 bits per heavy atom. The topological polar surface area (TPSA) is 63.7 Å². The largest absolute Gasteiger partial charge is 0.457 e. The lowest BCUT2D eigenvalue weighted by Crippen LogP contribution is -2.38. The smallest absolute Gasteiger partial charge is 0.311 e. The molecule has 1 aromatic carbocycles. The van der Waals surface area contributed by atoms with Crippen molar-refractivity contribution >= 4 is 17.7 Å². The van der Waals surface area contributed by atoms with E-state index >= 15 is 0 Å². The Balaban J connectivity index is 1.50. The molecule has 3 rings (SSSR count). The number of nitrogens with zero attached hydrogens (tertiary/aromatic N) is 1. The highest BCUT2D eigenvalue weighted by Gasteiger charge is 2.39. The Morgan fingerprint density at radius 1 is 1.12 bits per heavy atom. The summed E-state index contributed by atoms with van der Waals surface area (Å²) in [5, 5.41) is 0. The van der Waals surface area contributed by atoms with E-state index in [9.17, 15) is 14.4 Å². The maximum atomic E-state index is 12.3. The molecule has 1 aliphatic carbocycles. The third-order valence-electron chi connectivity index (χ3n) is 5.23. The van der Waals surface area contributed by atoms with Gasteiger partial charge >= 0.3 is 5.97 Å². The van der Waals surface area contributed by atoms with Gasteiger partial charge in [-0.25, -0.2) is 0 Å². The van der Waals surface area contributed by atoms with Gasteiger partial charge in [-0.1, -0.05) is 49.1 Å². The molecule has 1 atom stereocenters. The number of hydrogen-bond donors (Lipinski definition) is 0. The van der Waals surface area contributed by atoms with E-state index in [-0.39, 0.29) is 30.8 Å². The molecule has 1 unspecified atom stereocenters. The molecule has 2 aliphatic rings. The van der Waals surface area contributed by atoms with Crippen LogP contribution >= 0.6 is 0 Å². The van der Waals surface area contributed by atoms with Gasteiger partial charge in [0.1, 0.15) is 0 Å². The molecule has 0 spiro atoms. The first-order chi connectivity index (χ1) is 12.0. The van der Waals surface area contributed by atoms with E-state index in [1.165, 1.54) is 6.42 Å². The first-order valence-electron chi connectivity index (χ1n) is 9.10. The summed E-state index contributed by atoms with van der Waals surface area (Å²) in [5.41, 5.74) is 1.60. The van der Waals surface area contributed by atoms with E-state index in [1.807, 2.05) is 24.0 Å². The average molecular weight is 343 g/mol. The van der Waals surface area contributed by atoms with Crippen LogP contribution in [0.3, 0.4) is 0 Å². The van der Waals surface area contributed by atoms with Crippen molar-refractivity contribution in [3.8, 4) is 0 Å². The van der Waals surface area contributed by atoms with E-state index in [0.29, 0.717) is 12.1 Å². The molecule has 2 fully saturated rings. The fraction of sp³-hybridized carbons (Fsp3) is 0.550. The molecule has 1 saturated heterocycles. The molecule has 5 heteroatoms. The molecule has 1 amide bonds. The SMILES string of the molecule is Cc1ccc(C(=O)COC(=O)C2CC(=O)N(C3CCCCC3)C2)cc1. The Morgan fingerprint density at radius 2 is 1.80 bits per heavy atom. The highest BCUT2D eigenvalue weighted by molar-refractivity contribution is 5.98. The number of aryl methyl sites for hydroxylation is 1. The van der Waals surface area contributed by atoms with Crippen LogP contribution in [-0.4, -0.2) is 41.8 Å². The maximum absolute atomic E-state index is 12.3. The van der Waals surface area contributed by atoms with Gasteiger partial charge in [0.25, 0.3) is 0 Å². The summed E-state index contributed by atoms with van der Waals surface area (Å²) in [7, 11) is 0. The van der Waals surface area contributed by atoms with Crippen molar-refractivity contribution in [1.82, 2.24) is 4.90 Å². The summed E-state index contributed by atoms with van der Waals surface area (Å²) in [6, 6.07) is 7.44. The first-order valence-corrected chi connectivity index (χ1v) is 9.10. The van der Waals surface area contributed by atoms with Crippen molar-refractivity contribution in [3.05, 3.63) is 35.4 Å². The van der Waals surface area contributed by atoms with Crippen molar-refractivity contribution in [3.63, 3.8) is 0 Å². The van der Waals surface area contributed by atoms with Crippen LogP contribution < -0.4 is 0 Å². The van der Waals surface area contributed by atoms with Gasteiger partial charge in [-0.2, -0.15) is 0 Å². The van der Waals surface area contributed by atoms with Gasteiger partial charge in [0, 0.05) is 24.6 Å². The minimum Gasteiger partial charge on any atom is -0.457 e. The van der Waals surface area contributed by atoms with Crippen molar-refractivity contribution in [1.29, 1.82) is 0 Å². The molecule has 1 heterocycles. The predicted molar refractivity (Wildman–Crippen MR) is 93.2 cm³/mol. The number of benzene rings is 1. The Kier molecular flexibility index (Phi) is 5.51. The summed E-state index contributed by atoms with van der Waals surface area (Å²) in [4.78, 5) is 38.4. The minimum atomic E-state index is -0.444. The lowest BCUT2D eigenvalue weighted by molar-refractivity contribution is -0.147. The number of hydrogen-bond acceptors (Lipinski definition) is 4. The van der Waals surface area contributed by atoms with Crippen LogP contribution in [0, 0.1) is 12.8 Å². The number of likely N-dealkylation sites (tertiary alicyclic amines) is 1. The number of Topliss-reactive ketones (excluding diaryl/α,β-unsaturated/α-hetero) is 1. The normalized spacial score (nSPS) is 21.4. The molecule has 0 N–H and O–H groups in total. The zero-order valence-electron chi connectivity index (χ0n) is 14.7. The van der Waals surface area contributed by atoms with Crippen molar-refractivity contribution in [2.24, 2.45) is 5.92 Å². The fourth-order valence-electron chi connectivity index (χ4n) is 3.71. The lowest BCUT2D eigenvalue weighted by atomic mass is 9.94. The van der Waals surface area contributed by atoms with Crippen LogP contribution in [0.15, 0.2) is 24.3 Å². The molecule has 0 radical (unpaired) electrons. The molecule has 25 heavy (non-hydrogen) atoms. The Bertz CT molecular complexity index is 646. The minimum absolute atomic E-state index is 0.0405. The van der Waals surface area contributed by atoms with Crippen LogP contribution in [0.25, 0.3) is 0 Å². The fourth-order valence-corrected chi connectivity index (χ4v) is 3.71. The molecular formula is C20H25NO4. The van der Waals surface area contributed by atoms with Crippen LogP contribution in [0.1, 0.15) is 54.4 Å². The van der Waals surface area contributed by atoms with E-state index in [0.717, 1.165) is 31.2 Å². The number of ether oxygens (including phenoxy) is 1. The molecule has 1 aromatic rings. The summed E-state index contributed by atoms with van der Waals surface area (Å²) < 4.78 is 5.19. The van der Waals surface area contributed by atoms with Gasteiger partial charge in [0.15, 0.2) is 12.4 Å². The molecule has 0 bridgehead atoms. The monoisotopic (exact) mass is 343 g/mol. The van der Waals surface area contributed by atoms with E-state index in [2.05, 4.69) is 0 Å². The molecule has 1 aliphatic heterocycles. The van der Waals surface area contributed by atoms with Gasteiger partial charge in [0.2, 0.25) is 5.91 Å². The zero-order chi connectivity index (χ0) is 17.8. The number of ketones is 1. The lowest BCUT2D eigenvalue weighted by Gasteiger charge is -2.31. The summed E-state index contributed by atoms with van der Waals surface area (Å²) in [5.74, 6) is -1.06. The van der Waals surface area contributed by atoms with E-state index in [4.69, 9.17) is 4.74 Å². The van der Waals surface area contributed by atoms with E-state index < -0.39 is 11.9 Å². The number of carbonyl (C=O) groups is 3. The van der Waals surface area contributed by atoms with Crippen molar-refractivity contribution < 1.29 is 19.1 Å². The first kappa shape index (κ1) is 17.6. The highest BCUT2D eigenvalue weighted by Crippen LogP contribution is 2.29. The summed E-state index contributed by atoms with van der Waals surface area (Å²) in [6.07, 6.45) is 5.78. The van der Waals surface area contributed by atoms with Crippen LogP contribution in [0.4, 0.5) is 0 Å². The summed E-state index contributed by atoms with van der Waals surface area (Å²) >= 11 is 0. The quantitative estimate of drug-likeness (QED) is 0.609. The highest BCUT2D eigenvalue weighted by atomic mass is 16.5. The van der Waals surface area contributed by atoms with Gasteiger partial charge in [-0.05, 0) is 19.8 Å². The van der Waals surface area contributed by atoms with Crippen molar-refractivity contribution in [2.45, 2.75) is 51.5 Å². The number of rotatable bonds is 5. The van der Waals surface area contributed by atoms with E-state index in [1.54, 1.807) is 12.1 Å². The van der Waals surface area contributed by atoms with Gasteiger partial charge in [-0.15, -0.1) is 0 Å². The molecule has 1 saturated carbocycles. The predicted octanol–water partition coefficient (Wildman–Crippen LogP) is 2.90. The van der Waals surface area contributed by atoms with Crippen LogP contribution in [-0.2, 0) is 14.3 Å². The van der Waals surface area contributed by atoms with Gasteiger partial charge in [-0.3, -0.25) is 14.4 Å². The van der Waals surface area contributed by atoms with Gasteiger partial charge < -0.3 is 9.64 Å². The number of amides is 1. The van der Waals surface area contributed by atoms with Crippen LogP contribution in [0.2, 0.25) is 0 Å². The second-order valence-electron chi connectivity index (χ2n) is 7.14. The third-order valence-corrected chi connectivity index (χ3v) is 5.23. The van der Waals surface area contributed by atoms with Gasteiger partial charge in [0.05, 0.1) is 5.92 Å². The molecule has 5 nitrogen and oxygen atoms in total. The molecule has 134 valence electrons. The second kappa shape index (κ2) is 7.81. The standard InChI is InChI=1S/C20H25NO4/c1-14-7-9-15(10-8-14)18(22)13-25-20(24)16-11-19(23)21(12-16)17-5-3-2-4-6-17/h7-10,16-17H,2-6,11-13H2,1H3. The number of carbonyl (C=O) groups excluding carboxylic acids is 3. The second-order valence-corrected chi connectivity index (χ2v) is 7.14. The number of esters is 1. The Labute approximate surface area is 148 Å². The maximum Gasteiger partial charge on any atom is 0.311 e. The average Bonchev–Trinajstić information content (AvgIpc) is 3.02. The molecular weight excluding hydrogens is 318 g/mol. The molecule has 0 aromatic heterocycles. The van der Waals surface area contributed by atoms with Crippen LogP contribution in [0.5, 0.6) is 0 Å². The summed E-state index contributed by atoms with van der Waals surface area (Å²) in [6.45, 7) is 2.11. The zero-order valence-corrected chi connectivity index (χ0v) is 14.7. The third kappa shape index (κ3) is 4.27. The Hall–Kier alpha value is -2.17. The van der Waals surface area contributed by atoms with Crippen molar-refractivity contribution in [2.75, 3.05) is 13.2 Å².